The number of benzene rings is 3. The SMILES string of the molecule is COc1cc(NC(=O)c2cccc(CNC(=O)CCN3CCC(OC(=O)C(F)(F)F)CC3)c2)c(Cl)cc1CNC[C@H](O)c1ccc(O)c2[nH]c(=O)ccc12. The molecule has 13 nitrogen and oxygen atoms in total. The molecule has 6 N–H and O–H groups in total. The maximum atomic E-state index is 13.2. The van der Waals surface area contributed by atoms with E-state index in [2.05, 4.69) is 25.7 Å². The number of halogens is 4. The highest BCUT2D eigenvalue weighted by Gasteiger charge is 2.42. The number of likely N-dealkylation sites (tertiary alicyclic amines) is 1. The van der Waals surface area contributed by atoms with E-state index in [0.29, 0.717) is 58.7 Å². The van der Waals surface area contributed by atoms with Crippen LogP contribution in [0.5, 0.6) is 11.5 Å². The minimum Gasteiger partial charge on any atom is -0.506 e. The number of pyridine rings is 1. The first-order valence-electron chi connectivity index (χ1n) is 17.0. The van der Waals surface area contributed by atoms with Gasteiger partial charge in [0.05, 0.1) is 29.4 Å². The molecule has 288 valence electrons. The van der Waals surface area contributed by atoms with Gasteiger partial charge in [-0.2, -0.15) is 13.2 Å². The normalized spacial score (nSPS) is 14.4. The number of hydrogen-bond acceptors (Lipinski definition) is 10. The number of rotatable bonds is 14. The number of esters is 1. The standard InChI is InChI=1S/C37H39ClF3N5O8/c1-53-31-17-28(27(38)16-23(31)19-42-20-30(48)25-5-7-29(47)34-26(25)6-8-33(50)45-34)44-35(51)22-4-2-3-21(15-22)18-43-32(49)11-14-46-12-9-24(10-13-46)54-36(52)37(39,40)41/h2-8,15-17,24,30,42,47-48H,9-14,18-20H2,1H3,(H,43,49)(H,44,51)(H,45,50)/t30-/m0/s1. The molecule has 0 saturated carbocycles. The number of aliphatic hydroxyl groups is 1. The second kappa shape index (κ2) is 17.8. The Morgan fingerprint density at radius 3 is 2.54 bits per heavy atom. The number of alkyl halides is 3. The second-order valence-electron chi connectivity index (χ2n) is 12.7. The fraction of sp³-hybridized carbons (Fsp3) is 0.351. The molecule has 0 radical (unpaired) electrons. The lowest BCUT2D eigenvalue weighted by molar-refractivity contribution is -0.206. The quantitative estimate of drug-likeness (QED) is 0.0996. The molecule has 2 heterocycles. The van der Waals surface area contributed by atoms with Gasteiger partial charge in [-0.05, 0) is 54.3 Å². The number of phenols is 1. The molecule has 1 fully saturated rings. The predicted octanol–water partition coefficient (Wildman–Crippen LogP) is 4.55. The van der Waals surface area contributed by atoms with Crippen LogP contribution >= 0.6 is 11.6 Å². The van der Waals surface area contributed by atoms with Gasteiger partial charge >= 0.3 is 12.1 Å². The molecule has 4 aromatic rings. The van der Waals surface area contributed by atoms with Gasteiger partial charge in [-0.15, -0.1) is 0 Å². The summed E-state index contributed by atoms with van der Waals surface area (Å²) < 4.78 is 47.4. The smallest absolute Gasteiger partial charge is 0.490 e. The summed E-state index contributed by atoms with van der Waals surface area (Å²) in [6.07, 6.45) is -6.17. The highest BCUT2D eigenvalue weighted by atomic mass is 35.5. The average molecular weight is 774 g/mol. The molecule has 0 aliphatic carbocycles. The van der Waals surface area contributed by atoms with Crippen LogP contribution < -0.4 is 26.2 Å². The van der Waals surface area contributed by atoms with Crippen LogP contribution in [0.4, 0.5) is 18.9 Å². The lowest BCUT2D eigenvalue weighted by Gasteiger charge is -2.31. The van der Waals surface area contributed by atoms with Crippen molar-refractivity contribution in [2.45, 2.75) is 50.7 Å². The number of carbonyl (C=O) groups is 3. The van der Waals surface area contributed by atoms with E-state index in [1.807, 2.05) is 4.90 Å². The predicted molar refractivity (Wildman–Crippen MR) is 193 cm³/mol. The molecule has 1 aliphatic rings. The molecule has 1 atom stereocenters. The van der Waals surface area contributed by atoms with E-state index in [1.165, 1.54) is 25.3 Å². The van der Waals surface area contributed by atoms with Crippen molar-refractivity contribution in [3.63, 3.8) is 0 Å². The number of carbonyl (C=O) groups excluding carboxylic acids is 3. The summed E-state index contributed by atoms with van der Waals surface area (Å²) >= 11 is 6.55. The van der Waals surface area contributed by atoms with Gasteiger partial charge in [-0.3, -0.25) is 14.4 Å². The highest BCUT2D eigenvalue weighted by Crippen LogP contribution is 2.32. The summed E-state index contributed by atoms with van der Waals surface area (Å²) in [4.78, 5) is 53.0. The van der Waals surface area contributed by atoms with Crippen LogP contribution in [0, 0.1) is 0 Å². The zero-order valence-electron chi connectivity index (χ0n) is 29.1. The molecular formula is C37H39ClF3N5O8. The van der Waals surface area contributed by atoms with E-state index in [0.717, 1.165) is 0 Å². The van der Waals surface area contributed by atoms with Crippen LogP contribution in [0.15, 0.2) is 65.5 Å². The lowest BCUT2D eigenvalue weighted by atomic mass is 10.0. The van der Waals surface area contributed by atoms with E-state index < -0.39 is 30.3 Å². The number of aromatic hydroxyl groups is 1. The molecular weight excluding hydrogens is 735 g/mol. The van der Waals surface area contributed by atoms with E-state index in [4.69, 9.17) is 16.3 Å². The Morgan fingerprint density at radius 1 is 1.06 bits per heavy atom. The summed E-state index contributed by atoms with van der Waals surface area (Å²) in [5.41, 5.74) is 2.30. The van der Waals surface area contributed by atoms with Crippen molar-refractivity contribution < 1.29 is 47.2 Å². The Hall–Kier alpha value is -5.16. The summed E-state index contributed by atoms with van der Waals surface area (Å²) in [6.45, 7) is 1.69. The molecule has 1 aromatic heterocycles. The van der Waals surface area contributed by atoms with E-state index in [1.54, 1.807) is 42.5 Å². The Kier molecular flexibility index (Phi) is 13.2. The number of fused-ring (bicyclic) bond motifs is 1. The van der Waals surface area contributed by atoms with Gasteiger partial charge in [0, 0.05) is 74.3 Å². The topological polar surface area (TPSA) is 182 Å². The van der Waals surface area contributed by atoms with Crippen molar-refractivity contribution >= 4 is 46.0 Å². The molecule has 0 spiro atoms. The third kappa shape index (κ3) is 10.5. The van der Waals surface area contributed by atoms with Gasteiger partial charge < -0.3 is 45.5 Å². The van der Waals surface area contributed by atoms with Crippen molar-refractivity contribution in [3.05, 3.63) is 98.3 Å². The van der Waals surface area contributed by atoms with Gasteiger partial charge in [0.2, 0.25) is 11.5 Å². The zero-order chi connectivity index (χ0) is 39.0. The molecule has 1 saturated heterocycles. The summed E-state index contributed by atoms with van der Waals surface area (Å²) in [7, 11) is 1.47. The van der Waals surface area contributed by atoms with Crippen LogP contribution in [-0.4, -0.2) is 83.4 Å². The first-order valence-corrected chi connectivity index (χ1v) is 17.4. The van der Waals surface area contributed by atoms with Crippen molar-refractivity contribution in [1.29, 1.82) is 0 Å². The van der Waals surface area contributed by atoms with Crippen LogP contribution in [0.3, 0.4) is 0 Å². The number of amides is 2. The molecule has 5 rings (SSSR count). The van der Waals surface area contributed by atoms with E-state index in [-0.39, 0.29) is 66.7 Å². The molecule has 1 aliphatic heterocycles. The first kappa shape index (κ1) is 40.0. The zero-order valence-corrected chi connectivity index (χ0v) is 29.9. The van der Waals surface area contributed by atoms with Crippen molar-refractivity contribution in [2.75, 3.05) is 38.6 Å². The summed E-state index contributed by atoms with van der Waals surface area (Å²) in [6, 6.07) is 15.7. The van der Waals surface area contributed by atoms with Gasteiger partial charge in [0.15, 0.2) is 0 Å². The second-order valence-corrected chi connectivity index (χ2v) is 13.1. The number of phenolic OH excluding ortho intramolecular Hbond substituents is 1. The van der Waals surface area contributed by atoms with Crippen molar-refractivity contribution in [3.8, 4) is 11.5 Å². The number of aromatic nitrogens is 1. The summed E-state index contributed by atoms with van der Waals surface area (Å²) in [5, 5.41) is 30.5. The van der Waals surface area contributed by atoms with Gasteiger partial charge in [-0.1, -0.05) is 29.8 Å². The number of aliphatic hydroxyl groups excluding tert-OH is 1. The Bertz CT molecular complexity index is 2050. The van der Waals surface area contributed by atoms with E-state index >= 15 is 0 Å². The van der Waals surface area contributed by atoms with Gasteiger partial charge in [0.1, 0.15) is 17.6 Å². The molecule has 17 heteroatoms. The Labute approximate surface area is 312 Å². The van der Waals surface area contributed by atoms with Crippen LogP contribution in [0.25, 0.3) is 10.9 Å². The Balaban J connectivity index is 1.09. The summed E-state index contributed by atoms with van der Waals surface area (Å²) in [5.74, 6) is -2.57. The van der Waals surface area contributed by atoms with Gasteiger partial charge in [-0.25, -0.2) is 4.79 Å². The number of aromatic amines is 1. The number of piperidine rings is 1. The van der Waals surface area contributed by atoms with Crippen molar-refractivity contribution in [2.24, 2.45) is 0 Å². The molecule has 3 aromatic carbocycles. The minimum atomic E-state index is -5.03. The molecule has 0 bridgehead atoms. The fourth-order valence-corrected chi connectivity index (χ4v) is 6.29. The Morgan fingerprint density at radius 2 is 1.81 bits per heavy atom. The minimum absolute atomic E-state index is 0.110. The number of nitrogens with one attached hydrogen (secondary N) is 4. The third-order valence-corrected chi connectivity index (χ3v) is 9.22. The number of anilines is 1. The third-order valence-electron chi connectivity index (χ3n) is 8.91. The molecule has 2 amide bonds. The first-order chi connectivity index (χ1) is 25.7. The number of hydrogen-bond donors (Lipinski definition) is 6. The average Bonchev–Trinajstić information content (AvgIpc) is 3.14. The molecule has 54 heavy (non-hydrogen) atoms. The van der Waals surface area contributed by atoms with E-state index in [9.17, 15) is 42.6 Å². The van der Waals surface area contributed by atoms with Gasteiger partial charge in [0.25, 0.3) is 5.91 Å². The van der Waals surface area contributed by atoms with Crippen LogP contribution in [0.2, 0.25) is 5.02 Å². The maximum Gasteiger partial charge on any atom is 0.490 e. The molecule has 0 unspecified atom stereocenters. The monoisotopic (exact) mass is 773 g/mol. The largest absolute Gasteiger partial charge is 0.506 e. The maximum absolute atomic E-state index is 13.2. The van der Waals surface area contributed by atoms with Crippen molar-refractivity contribution in [1.82, 2.24) is 20.5 Å². The number of nitrogens with zero attached hydrogens (tertiary/aromatic N) is 1. The van der Waals surface area contributed by atoms with Crippen LogP contribution in [-0.2, 0) is 27.4 Å². The van der Waals surface area contributed by atoms with Crippen LogP contribution in [0.1, 0.15) is 52.4 Å². The highest BCUT2D eigenvalue weighted by molar-refractivity contribution is 6.34. The lowest BCUT2D eigenvalue weighted by Crippen LogP contribution is -2.41. The number of methoxy groups -OCH3 is 1. The number of ether oxygens (including phenoxy) is 2. The number of H-pyrrole nitrogens is 1. The fourth-order valence-electron chi connectivity index (χ4n) is 6.06.